The summed E-state index contributed by atoms with van der Waals surface area (Å²) in [5.74, 6) is 0.440. The number of benzene rings is 2. The van der Waals surface area contributed by atoms with Gasteiger partial charge in [-0.1, -0.05) is 29.8 Å². The number of aryl methyl sites for hydroxylation is 2. The highest BCUT2D eigenvalue weighted by Crippen LogP contribution is 2.26. The lowest BCUT2D eigenvalue weighted by Crippen LogP contribution is -2.40. The second kappa shape index (κ2) is 10.0. The lowest BCUT2D eigenvalue weighted by molar-refractivity contribution is -0.122. The molecule has 1 amide bonds. The number of halogens is 1. The van der Waals surface area contributed by atoms with E-state index in [-0.39, 0.29) is 24.9 Å². The Morgan fingerprint density at radius 3 is 2.67 bits per heavy atom. The number of nitrogens with zero attached hydrogens (tertiary/aromatic N) is 1. The summed E-state index contributed by atoms with van der Waals surface area (Å²) in [6.45, 7) is 6.36. The van der Waals surface area contributed by atoms with Gasteiger partial charge in [0.2, 0.25) is 5.91 Å². The average molecular weight is 415 g/mol. The highest BCUT2D eigenvalue weighted by Gasteiger charge is 2.31. The Bertz CT molecular complexity index is 856. The molecule has 0 saturated carbocycles. The van der Waals surface area contributed by atoms with Crippen molar-refractivity contribution >= 4 is 5.91 Å². The smallest absolute Gasteiger partial charge is 0.234 e. The van der Waals surface area contributed by atoms with Gasteiger partial charge in [-0.25, -0.2) is 4.39 Å². The van der Waals surface area contributed by atoms with Crippen molar-refractivity contribution < 1.29 is 19.0 Å². The van der Waals surface area contributed by atoms with Crippen LogP contribution in [0.2, 0.25) is 0 Å². The van der Waals surface area contributed by atoms with Crippen LogP contribution < -0.4 is 10.1 Å². The van der Waals surface area contributed by atoms with Crippen LogP contribution in [0, 0.1) is 19.7 Å². The first-order chi connectivity index (χ1) is 14.3. The Balaban J connectivity index is 1.45. The van der Waals surface area contributed by atoms with Gasteiger partial charge in [-0.3, -0.25) is 9.69 Å². The van der Waals surface area contributed by atoms with Gasteiger partial charge in [0.15, 0.2) is 0 Å². The van der Waals surface area contributed by atoms with E-state index in [1.165, 1.54) is 17.7 Å². The minimum Gasteiger partial charge on any atom is -0.490 e. The van der Waals surface area contributed by atoms with Crippen LogP contribution in [0.5, 0.6) is 5.75 Å². The first kappa shape index (κ1) is 22.2. The SMILES string of the molecule is Cc1ccc(OC[C@@]2(O)CCCN(CC(=O)NCc3ccc(F)cc3)CC2)c(C)c1. The molecule has 1 aliphatic heterocycles. The Hall–Kier alpha value is -2.44. The summed E-state index contributed by atoms with van der Waals surface area (Å²) in [5.41, 5.74) is 2.21. The lowest BCUT2D eigenvalue weighted by atomic mass is 9.96. The zero-order chi connectivity index (χ0) is 21.6. The Labute approximate surface area is 177 Å². The normalized spacial score (nSPS) is 19.9. The highest BCUT2D eigenvalue weighted by atomic mass is 19.1. The predicted octanol–water partition coefficient (Wildman–Crippen LogP) is 3.35. The minimum atomic E-state index is -0.892. The van der Waals surface area contributed by atoms with Gasteiger partial charge in [-0.05, 0) is 69.0 Å². The van der Waals surface area contributed by atoms with Crippen LogP contribution in [0.3, 0.4) is 0 Å². The van der Waals surface area contributed by atoms with Gasteiger partial charge in [0.25, 0.3) is 0 Å². The molecule has 0 radical (unpaired) electrons. The van der Waals surface area contributed by atoms with Crippen molar-refractivity contribution in [3.63, 3.8) is 0 Å². The van der Waals surface area contributed by atoms with Crippen molar-refractivity contribution in [3.05, 3.63) is 65.0 Å². The van der Waals surface area contributed by atoms with Crippen molar-refractivity contribution in [3.8, 4) is 5.75 Å². The third-order valence-corrected chi connectivity index (χ3v) is 5.61. The molecule has 30 heavy (non-hydrogen) atoms. The number of aliphatic hydroxyl groups is 1. The Kier molecular flexibility index (Phi) is 7.45. The Morgan fingerprint density at radius 1 is 1.17 bits per heavy atom. The third-order valence-electron chi connectivity index (χ3n) is 5.61. The lowest BCUT2D eigenvalue weighted by Gasteiger charge is -2.27. The first-order valence-corrected chi connectivity index (χ1v) is 10.5. The molecular weight excluding hydrogens is 383 g/mol. The topological polar surface area (TPSA) is 61.8 Å². The molecule has 2 aromatic carbocycles. The number of likely N-dealkylation sites (tertiary alicyclic amines) is 1. The molecule has 0 unspecified atom stereocenters. The van der Waals surface area contributed by atoms with E-state index in [2.05, 4.69) is 16.3 Å². The second-order valence-electron chi connectivity index (χ2n) is 8.31. The quantitative estimate of drug-likeness (QED) is 0.729. The number of carbonyl (C=O) groups excluding carboxylic acids is 1. The van der Waals surface area contributed by atoms with E-state index < -0.39 is 5.60 Å². The predicted molar refractivity (Wildman–Crippen MR) is 115 cm³/mol. The number of ether oxygens (including phenoxy) is 1. The van der Waals surface area contributed by atoms with Crippen LogP contribution in [0.1, 0.15) is 36.0 Å². The Morgan fingerprint density at radius 2 is 1.93 bits per heavy atom. The van der Waals surface area contributed by atoms with Crippen LogP contribution in [0.25, 0.3) is 0 Å². The van der Waals surface area contributed by atoms with Crippen LogP contribution in [0.4, 0.5) is 4.39 Å². The molecule has 0 spiro atoms. The number of amides is 1. The maximum Gasteiger partial charge on any atom is 0.234 e. The monoisotopic (exact) mass is 414 g/mol. The van der Waals surface area contributed by atoms with E-state index >= 15 is 0 Å². The van der Waals surface area contributed by atoms with Gasteiger partial charge in [-0.15, -0.1) is 0 Å². The molecule has 1 heterocycles. The van der Waals surface area contributed by atoms with E-state index in [1.807, 2.05) is 26.0 Å². The number of nitrogens with one attached hydrogen (secondary N) is 1. The molecule has 1 saturated heterocycles. The fourth-order valence-corrected chi connectivity index (χ4v) is 3.77. The van der Waals surface area contributed by atoms with Gasteiger partial charge < -0.3 is 15.2 Å². The molecular formula is C24H31FN2O3. The number of hydrogen-bond donors (Lipinski definition) is 2. The molecule has 162 valence electrons. The molecule has 1 fully saturated rings. The molecule has 3 rings (SSSR count). The second-order valence-corrected chi connectivity index (χ2v) is 8.31. The molecule has 6 heteroatoms. The minimum absolute atomic E-state index is 0.0729. The van der Waals surface area contributed by atoms with Crippen LogP contribution in [-0.2, 0) is 11.3 Å². The van der Waals surface area contributed by atoms with E-state index in [0.29, 0.717) is 25.9 Å². The summed E-state index contributed by atoms with van der Waals surface area (Å²) in [7, 11) is 0. The number of hydrogen-bond acceptors (Lipinski definition) is 4. The zero-order valence-corrected chi connectivity index (χ0v) is 17.8. The molecule has 1 aliphatic rings. The van der Waals surface area contributed by atoms with E-state index in [9.17, 15) is 14.3 Å². The third kappa shape index (κ3) is 6.54. The summed E-state index contributed by atoms with van der Waals surface area (Å²) in [6.07, 6.45) is 2.01. The highest BCUT2D eigenvalue weighted by molar-refractivity contribution is 5.78. The molecule has 0 aliphatic carbocycles. The van der Waals surface area contributed by atoms with Gasteiger partial charge in [0, 0.05) is 13.1 Å². The first-order valence-electron chi connectivity index (χ1n) is 10.5. The zero-order valence-electron chi connectivity index (χ0n) is 17.8. The molecule has 0 aromatic heterocycles. The van der Waals surface area contributed by atoms with Gasteiger partial charge in [0.05, 0.1) is 12.1 Å². The fourth-order valence-electron chi connectivity index (χ4n) is 3.77. The maximum atomic E-state index is 13.0. The fraction of sp³-hybridized carbons (Fsp3) is 0.458. The summed E-state index contributed by atoms with van der Waals surface area (Å²) in [4.78, 5) is 14.4. The number of carbonyl (C=O) groups is 1. The van der Waals surface area contributed by atoms with E-state index in [4.69, 9.17) is 4.74 Å². The maximum absolute atomic E-state index is 13.0. The van der Waals surface area contributed by atoms with Gasteiger partial charge >= 0.3 is 0 Å². The largest absolute Gasteiger partial charge is 0.490 e. The standard InChI is InChI=1S/C24H31FN2O3/c1-18-4-9-22(19(2)14-18)30-17-24(29)10-3-12-27(13-11-24)16-23(28)26-15-20-5-7-21(25)8-6-20/h4-9,14,29H,3,10-13,15-17H2,1-2H3,(H,26,28)/t24-/m1/s1. The molecule has 2 aromatic rings. The van der Waals surface area contributed by atoms with E-state index in [1.54, 1.807) is 12.1 Å². The summed E-state index contributed by atoms with van der Waals surface area (Å²) >= 11 is 0. The van der Waals surface area contributed by atoms with Crippen LogP contribution >= 0.6 is 0 Å². The summed E-state index contributed by atoms with van der Waals surface area (Å²) < 4.78 is 18.9. The van der Waals surface area contributed by atoms with Crippen molar-refractivity contribution in [2.45, 2.75) is 45.3 Å². The molecule has 5 nitrogen and oxygen atoms in total. The molecule has 0 bridgehead atoms. The van der Waals surface area contributed by atoms with E-state index in [0.717, 1.165) is 29.8 Å². The van der Waals surface area contributed by atoms with Gasteiger partial charge in [-0.2, -0.15) is 0 Å². The summed E-state index contributed by atoms with van der Waals surface area (Å²) in [5, 5.41) is 13.9. The van der Waals surface area contributed by atoms with Crippen molar-refractivity contribution in [2.24, 2.45) is 0 Å². The van der Waals surface area contributed by atoms with Crippen LogP contribution in [0.15, 0.2) is 42.5 Å². The summed E-state index contributed by atoms with van der Waals surface area (Å²) in [6, 6.07) is 12.1. The number of rotatable bonds is 7. The van der Waals surface area contributed by atoms with Crippen molar-refractivity contribution in [2.75, 3.05) is 26.2 Å². The average Bonchev–Trinajstić information content (AvgIpc) is 2.89. The van der Waals surface area contributed by atoms with Gasteiger partial charge in [0.1, 0.15) is 18.2 Å². The van der Waals surface area contributed by atoms with Crippen molar-refractivity contribution in [1.29, 1.82) is 0 Å². The van der Waals surface area contributed by atoms with Crippen LogP contribution in [-0.4, -0.2) is 47.8 Å². The molecule has 1 atom stereocenters. The molecule has 2 N–H and O–H groups in total. The van der Waals surface area contributed by atoms with Crippen molar-refractivity contribution in [1.82, 2.24) is 10.2 Å².